The lowest BCUT2D eigenvalue weighted by Crippen LogP contribution is -2.38. The molecule has 5 N–H and O–H groups in total. The van der Waals surface area contributed by atoms with E-state index in [0.29, 0.717) is 111 Å². The van der Waals surface area contributed by atoms with E-state index in [2.05, 4.69) is 86.2 Å². The molecular weight excluding hydrogens is 1560 g/mol. The van der Waals surface area contributed by atoms with Crippen molar-refractivity contribution in [2.45, 2.75) is 0 Å². The molecule has 3 saturated heterocycles. The molecule has 3 aliphatic rings. The Labute approximate surface area is 694 Å². The molecule has 0 radical (unpaired) electrons. The van der Waals surface area contributed by atoms with Crippen LogP contribution in [0.15, 0.2) is 169 Å². The summed E-state index contributed by atoms with van der Waals surface area (Å²) >= 11 is 14.3. The van der Waals surface area contributed by atoms with Gasteiger partial charge in [-0.1, -0.05) is 41.4 Å². The highest BCUT2D eigenvalue weighted by Gasteiger charge is 2.21. The maximum Gasteiger partial charge on any atom is 0.159 e. The number of rotatable bonds is 26. The Morgan fingerprint density at radius 3 is 1.30 bits per heavy atom. The maximum absolute atomic E-state index is 9.57. The maximum atomic E-state index is 9.57. The zero-order valence-electron chi connectivity index (χ0n) is 64.8. The fraction of sp³-hybridized carbons (Fsp3) is 0.279. The average Bonchev–Trinajstić information content (AvgIpc) is 1.65. The van der Waals surface area contributed by atoms with Gasteiger partial charge in [0.1, 0.15) is 125 Å². The van der Waals surface area contributed by atoms with Gasteiger partial charge in [-0.05, 0) is 139 Å². The van der Waals surface area contributed by atoms with Crippen LogP contribution in [-0.2, 0) is 18.9 Å². The van der Waals surface area contributed by atoms with Gasteiger partial charge in [0, 0.05) is 137 Å². The number of methoxy groups -OCH3 is 1. The van der Waals surface area contributed by atoms with Crippen LogP contribution in [0.25, 0.3) is 101 Å². The molecule has 600 valence electrons. The van der Waals surface area contributed by atoms with Crippen LogP contribution in [-0.4, -0.2) is 238 Å². The Balaban J connectivity index is 0.000000130. The number of imidazole rings is 4. The number of anilines is 2. The van der Waals surface area contributed by atoms with E-state index in [-0.39, 0.29) is 11.1 Å². The Morgan fingerprint density at radius 1 is 0.449 bits per heavy atom. The summed E-state index contributed by atoms with van der Waals surface area (Å²) in [5, 5.41) is 45.4. The third-order valence-corrected chi connectivity index (χ3v) is 20.9. The molecule has 118 heavy (non-hydrogen) atoms. The fourth-order valence-corrected chi connectivity index (χ4v) is 14.1. The fourth-order valence-electron chi connectivity index (χ4n) is 13.0. The molecule has 0 unspecified atom stereocenters. The number of nitriles is 4. The molecular formula is C86H83Cl2N21O8S. The average molecular weight is 1640 g/mol. The van der Waals surface area contributed by atoms with Crippen molar-refractivity contribution in [1.82, 2.24) is 79.4 Å². The Kier molecular flexibility index (Phi) is 28.4. The quantitative estimate of drug-likeness (QED) is 0.0336. The number of aromatic amines is 4. The van der Waals surface area contributed by atoms with Gasteiger partial charge in [0.2, 0.25) is 0 Å². The van der Waals surface area contributed by atoms with E-state index in [1.165, 1.54) is 12.4 Å². The van der Waals surface area contributed by atoms with Gasteiger partial charge in [-0.3, -0.25) is 14.7 Å². The summed E-state index contributed by atoms with van der Waals surface area (Å²) in [6.45, 7) is 18.1. The number of likely N-dealkylation sites (N-methyl/N-ethyl adjacent to an activating group) is 1. The molecule has 0 spiro atoms. The molecule has 17 rings (SSSR count). The first kappa shape index (κ1) is 82.0. The van der Waals surface area contributed by atoms with Gasteiger partial charge < -0.3 is 68.0 Å². The summed E-state index contributed by atoms with van der Waals surface area (Å²) in [5.41, 5.74) is 13.0. The summed E-state index contributed by atoms with van der Waals surface area (Å²) in [6.07, 6.45) is 6.05. The molecule has 32 heteroatoms. The van der Waals surface area contributed by atoms with Crippen LogP contribution in [0.3, 0.4) is 0 Å². The second-order valence-electron chi connectivity index (χ2n) is 27.3. The summed E-state index contributed by atoms with van der Waals surface area (Å²) in [5.74, 6) is 5.92. The number of morpholine rings is 3. The van der Waals surface area contributed by atoms with Gasteiger partial charge in [0.25, 0.3) is 0 Å². The van der Waals surface area contributed by atoms with Crippen molar-refractivity contribution < 1.29 is 37.9 Å². The van der Waals surface area contributed by atoms with Gasteiger partial charge in [-0.2, -0.15) is 32.4 Å². The zero-order valence-corrected chi connectivity index (χ0v) is 67.1. The number of para-hydroxylation sites is 1. The number of aromatic nitrogens is 12. The second kappa shape index (κ2) is 40.9. The third kappa shape index (κ3) is 21.2. The van der Waals surface area contributed by atoms with Gasteiger partial charge in [0.15, 0.2) is 22.6 Å². The predicted molar refractivity (Wildman–Crippen MR) is 452 cm³/mol. The Morgan fingerprint density at radius 2 is 0.847 bits per heavy atom. The van der Waals surface area contributed by atoms with Gasteiger partial charge in [-0.15, -0.1) is 0 Å². The van der Waals surface area contributed by atoms with Gasteiger partial charge >= 0.3 is 0 Å². The number of hydrogen-bond acceptors (Lipinski definition) is 26. The SMILES string of the molecule is COCCN(C)CCOc1ccc(-c2nc3c(Nc4ccccc4)c(C#N)cnc3[nH]2)cc1.Clc1cnc2[nH]c(-c3ccc(OCCN4CCOCC4)cc3)nc2c1-c1ccsc1.N#Cc1cnc2[nH]c(-c3ccc(OCCN4CCOCC4)cc3)nc2c1C#N.N#Cc1cnc2[nH]c(-c3ccc(OCCN4CCOCC4)cc3)nc2c1Cl. The van der Waals surface area contributed by atoms with Crippen molar-refractivity contribution in [1.29, 1.82) is 21.0 Å². The monoisotopic (exact) mass is 1640 g/mol. The molecule has 3 aliphatic heterocycles. The summed E-state index contributed by atoms with van der Waals surface area (Å²) in [4.78, 5) is 57.6. The van der Waals surface area contributed by atoms with E-state index < -0.39 is 0 Å². The first-order valence-corrected chi connectivity index (χ1v) is 40.0. The Hall–Kier alpha value is -12.5. The normalized spacial score (nSPS) is 13.7. The summed E-state index contributed by atoms with van der Waals surface area (Å²) in [6, 6.07) is 51.0. The third-order valence-electron chi connectivity index (χ3n) is 19.5. The number of H-pyrrole nitrogens is 4. The number of nitrogens with one attached hydrogen (secondary N) is 5. The van der Waals surface area contributed by atoms with Crippen molar-refractivity contribution in [3.8, 4) is 104 Å². The van der Waals surface area contributed by atoms with Crippen LogP contribution in [0.4, 0.5) is 11.4 Å². The minimum absolute atomic E-state index is 0.220. The predicted octanol–water partition coefficient (Wildman–Crippen LogP) is 13.9. The number of ether oxygens (including phenoxy) is 8. The molecule has 14 aromatic rings. The van der Waals surface area contributed by atoms with Crippen LogP contribution >= 0.6 is 34.5 Å². The number of benzene rings is 5. The van der Waals surface area contributed by atoms with Crippen molar-refractivity contribution >= 4 is 90.6 Å². The number of hydrogen-bond donors (Lipinski definition) is 5. The van der Waals surface area contributed by atoms with Crippen LogP contribution in [0.5, 0.6) is 23.0 Å². The van der Waals surface area contributed by atoms with E-state index in [1.54, 1.807) is 30.8 Å². The number of halogens is 2. The highest BCUT2D eigenvalue weighted by atomic mass is 35.5. The van der Waals surface area contributed by atoms with E-state index in [9.17, 15) is 10.5 Å². The lowest BCUT2D eigenvalue weighted by atomic mass is 10.1. The van der Waals surface area contributed by atoms with E-state index >= 15 is 0 Å². The molecule has 9 aromatic heterocycles. The first-order valence-electron chi connectivity index (χ1n) is 38.3. The van der Waals surface area contributed by atoms with Crippen LogP contribution < -0.4 is 24.3 Å². The van der Waals surface area contributed by atoms with Crippen LogP contribution in [0.2, 0.25) is 10.0 Å². The molecule has 0 aliphatic carbocycles. The molecule has 0 amide bonds. The number of thiophene rings is 1. The number of nitrogens with zero attached hydrogens (tertiary/aromatic N) is 16. The lowest BCUT2D eigenvalue weighted by molar-refractivity contribution is 0.0321. The van der Waals surface area contributed by atoms with Crippen LogP contribution in [0, 0.1) is 45.3 Å². The largest absolute Gasteiger partial charge is 0.492 e. The highest BCUT2D eigenvalue weighted by molar-refractivity contribution is 7.08. The second-order valence-corrected chi connectivity index (χ2v) is 28.9. The Bertz CT molecular complexity index is 5810. The first-order chi connectivity index (χ1) is 58.0. The van der Waals surface area contributed by atoms with E-state index in [0.717, 1.165) is 191 Å². The molecule has 0 bridgehead atoms. The highest BCUT2D eigenvalue weighted by Crippen LogP contribution is 2.37. The van der Waals surface area contributed by atoms with Crippen molar-refractivity contribution in [3.05, 3.63) is 201 Å². The standard InChI is InChI=1S/C25H26N6O2.C22H21ClN4O2S.C20H18N6O2.C19H18ClN5O2/c1-31(12-14-32-2)13-15-33-21-10-8-18(9-11-21)24-29-23-22(28-20-6-4-3-5-7-20)19(16-26)17-27-25(23)30-24;23-18-13-24-22-20(19(18)16-5-12-30-14-16)25-21(26-22)15-1-3-17(4-2-15)29-11-8-27-6-9-28-10-7-27;21-11-15-13-23-20-18(17(15)12-22)24-19(25-20)14-1-3-16(4-2-14)28-10-7-26-5-8-27-9-6-26;20-16-14(11-21)12-22-19-17(16)23-18(24-19)13-1-3-15(4-2-13)27-10-7-25-5-8-26-9-6-25/h3-11,17H,12-15H2,1-2H3,(H2,27,28,29,30);1-5,12-14H,6-11H2,(H,24,25,26);1-4,13H,5-10H2,(H,23,24,25);1-4,12H,5-10H2,(H,22,23,24). The summed E-state index contributed by atoms with van der Waals surface area (Å²) < 4.78 is 44.5. The zero-order chi connectivity index (χ0) is 81.4. The number of fused-ring (bicyclic) bond motifs is 4. The minimum atomic E-state index is 0.220. The molecule has 29 nitrogen and oxygen atoms in total. The van der Waals surface area contributed by atoms with Crippen molar-refractivity contribution in [2.24, 2.45) is 0 Å². The van der Waals surface area contributed by atoms with E-state index in [4.69, 9.17) is 81.6 Å². The van der Waals surface area contributed by atoms with Crippen molar-refractivity contribution in [3.63, 3.8) is 0 Å². The molecule has 5 aromatic carbocycles. The lowest BCUT2D eigenvalue weighted by Gasteiger charge is -2.26. The molecule has 3 fully saturated rings. The molecule has 0 saturated carbocycles. The van der Waals surface area contributed by atoms with Gasteiger partial charge in [0.05, 0.1) is 78.7 Å². The smallest absolute Gasteiger partial charge is 0.159 e. The van der Waals surface area contributed by atoms with Crippen molar-refractivity contribution in [2.75, 3.05) is 164 Å². The van der Waals surface area contributed by atoms with Gasteiger partial charge in [-0.25, -0.2) is 39.9 Å². The topological polar surface area (TPSA) is 360 Å². The molecule has 0 atom stereocenters. The minimum Gasteiger partial charge on any atom is -0.492 e. The number of pyridine rings is 4. The van der Waals surface area contributed by atoms with E-state index in [1.807, 2.05) is 164 Å². The summed E-state index contributed by atoms with van der Waals surface area (Å²) in [7, 11) is 3.74. The molecule has 12 heterocycles. The van der Waals surface area contributed by atoms with Crippen LogP contribution in [0.1, 0.15) is 22.3 Å².